The van der Waals surface area contributed by atoms with Crippen molar-refractivity contribution in [3.05, 3.63) is 47.4 Å². The third-order valence-electron chi connectivity index (χ3n) is 4.81. The van der Waals surface area contributed by atoms with Crippen LogP contribution in [0.2, 0.25) is 0 Å². The smallest absolute Gasteiger partial charge is 0.289 e. The Bertz CT molecular complexity index is 1100. The summed E-state index contributed by atoms with van der Waals surface area (Å²) < 4.78 is 30.0. The second kappa shape index (κ2) is 8.19. The Labute approximate surface area is 174 Å². The predicted molar refractivity (Wildman–Crippen MR) is 111 cm³/mol. The van der Waals surface area contributed by atoms with Crippen molar-refractivity contribution in [2.45, 2.75) is 11.8 Å². The molecule has 0 saturated carbocycles. The molecule has 1 aromatic carbocycles. The SMILES string of the molecule is Cc1cc(N2CCN(C(=O)c3ccco3)CC2)c(S(C)(=O)=O)cc1C(=O)N=C(N)N. The summed E-state index contributed by atoms with van der Waals surface area (Å²) >= 11 is 0. The van der Waals surface area contributed by atoms with Crippen LogP contribution in [-0.2, 0) is 9.84 Å². The number of furan rings is 1. The van der Waals surface area contributed by atoms with Gasteiger partial charge in [-0.1, -0.05) is 0 Å². The van der Waals surface area contributed by atoms with Gasteiger partial charge in [-0.15, -0.1) is 0 Å². The normalized spacial score (nSPS) is 14.5. The molecule has 0 radical (unpaired) electrons. The highest BCUT2D eigenvalue weighted by atomic mass is 32.2. The van der Waals surface area contributed by atoms with Gasteiger partial charge in [-0.05, 0) is 36.8 Å². The number of rotatable bonds is 4. The van der Waals surface area contributed by atoms with Crippen molar-refractivity contribution in [2.75, 3.05) is 37.3 Å². The maximum absolute atomic E-state index is 12.4. The van der Waals surface area contributed by atoms with Crippen LogP contribution >= 0.6 is 0 Å². The molecule has 0 aliphatic carbocycles. The van der Waals surface area contributed by atoms with Gasteiger partial charge >= 0.3 is 0 Å². The number of guanidine groups is 1. The number of sulfone groups is 1. The van der Waals surface area contributed by atoms with Gasteiger partial charge in [-0.25, -0.2) is 8.42 Å². The summed E-state index contributed by atoms with van der Waals surface area (Å²) in [5.74, 6) is -1.06. The summed E-state index contributed by atoms with van der Waals surface area (Å²) in [6.45, 7) is 3.33. The van der Waals surface area contributed by atoms with E-state index in [0.717, 1.165) is 6.26 Å². The van der Waals surface area contributed by atoms with Gasteiger partial charge < -0.3 is 25.7 Å². The van der Waals surface area contributed by atoms with Crippen LogP contribution in [0.3, 0.4) is 0 Å². The molecule has 1 saturated heterocycles. The topological polar surface area (TPSA) is 152 Å². The van der Waals surface area contributed by atoms with Crippen molar-refractivity contribution in [3.8, 4) is 0 Å². The van der Waals surface area contributed by atoms with Gasteiger partial charge in [-0.3, -0.25) is 9.59 Å². The molecule has 1 aromatic heterocycles. The summed E-state index contributed by atoms with van der Waals surface area (Å²) in [4.78, 5) is 31.7. The van der Waals surface area contributed by atoms with Crippen molar-refractivity contribution in [3.63, 3.8) is 0 Å². The van der Waals surface area contributed by atoms with Crippen molar-refractivity contribution in [1.82, 2.24) is 4.90 Å². The zero-order valence-corrected chi connectivity index (χ0v) is 17.5. The summed E-state index contributed by atoms with van der Waals surface area (Å²) in [6.07, 6.45) is 2.52. The minimum atomic E-state index is -3.65. The van der Waals surface area contributed by atoms with E-state index in [0.29, 0.717) is 37.4 Å². The highest BCUT2D eigenvalue weighted by Crippen LogP contribution is 2.30. The number of nitrogens with zero attached hydrogens (tertiary/aromatic N) is 3. The average Bonchev–Trinajstić information content (AvgIpc) is 3.20. The number of benzene rings is 1. The molecule has 10 nitrogen and oxygen atoms in total. The lowest BCUT2D eigenvalue weighted by Crippen LogP contribution is -2.49. The molecule has 160 valence electrons. The van der Waals surface area contributed by atoms with E-state index in [-0.39, 0.29) is 22.1 Å². The predicted octanol–water partition coefficient (Wildman–Crippen LogP) is 0.368. The zero-order valence-electron chi connectivity index (χ0n) is 16.7. The standard InChI is InChI=1S/C19H23N5O5S/c1-12-10-14(16(30(2,27)28)11-13(12)17(25)22-19(20)21)23-5-7-24(8-6-23)18(26)15-4-3-9-29-15/h3-4,9-11H,5-8H2,1-2H3,(H4,20,21,22,25). The van der Waals surface area contributed by atoms with Crippen molar-refractivity contribution in [2.24, 2.45) is 16.5 Å². The first-order valence-electron chi connectivity index (χ1n) is 9.14. The number of carbonyl (C=O) groups is 2. The Morgan fingerprint density at radius 3 is 2.33 bits per heavy atom. The van der Waals surface area contributed by atoms with E-state index in [4.69, 9.17) is 15.9 Å². The van der Waals surface area contributed by atoms with Crippen LogP contribution in [0.5, 0.6) is 0 Å². The van der Waals surface area contributed by atoms with Crippen molar-refractivity contribution < 1.29 is 22.4 Å². The molecule has 30 heavy (non-hydrogen) atoms. The maximum Gasteiger partial charge on any atom is 0.289 e. The fraction of sp³-hybridized carbons (Fsp3) is 0.316. The number of hydrogen-bond acceptors (Lipinski definition) is 6. The summed E-state index contributed by atoms with van der Waals surface area (Å²) in [7, 11) is -3.65. The van der Waals surface area contributed by atoms with Crippen LogP contribution in [0, 0.1) is 6.92 Å². The van der Waals surface area contributed by atoms with Crippen molar-refractivity contribution >= 4 is 33.3 Å². The first-order chi connectivity index (χ1) is 14.1. The number of aryl methyl sites for hydroxylation is 1. The Morgan fingerprint density at radius 2 is 1.80 bits per heavy atom. The summed E-state index contributed by atoms with van der Waals surface area (Å²) in [6, 6.07) is 6.19. The van der Waals surface area contributed by atoms with E-state index in [2.05, 4.69) is 4.99 Å². The minimum Gasteiger partial charge on any atom is -0.459 e. The Hall–Kier alpha value is -3.34. The Morgan fingerprint density at radius 1 is 1.13 bits per heavy atom. The molecule has 4 N–H and O–H groups in total. The summed E-state index contributed by atoms with van der Waals surface area (Å²) in [5, 5.41) is 0. The molecule has 0 spiro atoms. The average molecular weight is 433 g/mol. The molecular weight excluding hydrogens is 410 g/mol. The molecular formula is C19H23N5O5S. The van der Waals surface area contributed by atoms with E-state index < -0.39 is 21.7 Å². The second-order valence-corrected chi connectivity index (χ2v) is 8.99. The van der Waals surface area contributed by atoms with Gasteiger partial charge in [0.15, 0.2) is 21.6 Å². The van der Waals surface area contributed by atoms with E-state index in [1.165, 1.54) is 12.3 Å². The molecule has 2 aromatic rings. The largest absolute Gasteiger partial charge is 0.459 e. The number of aliphatic imine (C=N–C) groups is 1. The first-order valence-corrected chi connectivity index (χ1v) is 11.0. The summed E-state index contributed by atoms with van der Waals surface area (Å²) in [5.41, 5.74) is 11.7. The molecule has 2 amide bonds. The molecule has 11 heteroatoms. The number of carbonyl (C=O) groups excluding carboxylic acids is 2. The molecule has 1 fully saturated rings. The van der Waals surface area contributed by atoms with Gasteiger partial charge in [0.25, 0.3) is 11.8 Å². The zero-order chi connectivity index (χ0) is 22.1. The molecule has 0 unspecified atom stereocenters. The second-order valence-electron chi connectivity index (χ2n) is 7.01. The number of piperazine rings is 1. The molecule has 0 bridgehead atoms. The number of hydrogen-bond donors (Lipinski definition) is 2. The lowest BCUT2D eigenvalue weighted by Gasteiger charge is -2.36. The van der Waals surface area contributed by atoms with Crippen molar-refractivity contribution in [1.29, 1.82) is 0 Å². The minimum absolute atomic E-state index is 0.00746. The quantitative estimate of drug-likeness (QED) is 0.518. The Kier molecular flexibility index (Phi) is 5.83. The van der Waals surface area contributed by atoms with Crippen LogP contribution in [0.1, 0.15) is 26.5 Å². The Balaban J connectivity index is 1.89. The lowest BCUT2D eigenvalue weighted by atomic mass is 10.1. The molecule has 0 atom stereocenters. The molecule has 1 aliphatic heterocycles. The van der Waals surface area contributed by atoms with E-state index in [9.17, 15) is 18.0 Å². The number of nitrogens with two attached hydrogens (primary N) is 2. The van der Waals surface area contributed by atoms with Gasteiger partial charge in [0.2, 0.25) is 0 Å². The fourth-order valence-electron chi connectivity index (χ4n) is 3.33. The van der Waals surface area contributed by atoms with Gasteiger partial charge in [0.05, 0.1) is 16.8 Å². The lowest BCUT2D eigenvalue weighted by molar-refractivity contribution is 0.0714. The van der Waals surface area contributed by atoms with E-state index >= 15 is 0 Å². The highest BCUT2D eigenvalue weighted by molar-refractivity contribution is 7.90. The first kappa shape index (κ1) is 21.4. The third kappa shape index (κ3) is 4.46. The number of anilines is 1. The van der Waals surface area contributed by atoms with E-state index in [1.807, 2.05) is 4.90 Å². The van der Waals surface area contributed by atoms with Gasteiger partial charge in [0, 0.05) is 38.0 Å². The fourth-order valence-corrected chi connectivity index (χ4v) is 4.23. The van der Waals surface area contributed by atoms with Crippen LogP contribution < -0.4 is 16.4 Å². The molecule has 1 aliphatic rings. The maximum atomic E-state index is 12.4. The van der Waals surface area contributed by atoms with E-state index in [1.54, 1.807) is 30.0 Å². The third-order valence-corrected chi connectivity index (χ3v) is 5.93. The van der Waals surface area contributed by atoms with Crippen LogP contribution in [0.4, 0.5) is 5.69 Å². The van der Waals surface area contributed by atoms with Crippen LogP contribution in [-0.4, -0.2) is 63.5 Å². The molecule has 3 rings (SSSR count). The monoisotopic (exact) mass is 433 g/mol. The highest BCUT2D eigenvalue weighted by Gasteiger charge is 2.28. The molecule has 2 heterocycles. The van der Waals surface area contributed by atoms with Gasteiger partial charge in [-0.2, -0.15) is 4.99 Å². The number of amides is 2. The van der Waals surface area contributed by atoms with Crippen LogP contribution in [0.15, 0.2) is 44.8 Å². The van der Waals surface area contributed by atoms with Gasteiger partial charge in [0.1, 0.15) is 0 Å². The van der Waals surface area contributed by atoms with Crippen LogP contribution in [0.25, 0.3) is 0 Å².